The highest BCUT2D eigenvalue weighted by Gasteiger charge is 2.19. The van der Waals surface area contributed by atoms with Gasteiger partial charge in [0.05, 0.1) is 22.8 Å². The van der Waals surface area contributed by atoms with Gasteiger partial charge in [0, 0.05) is 22.7 Å². The zero-order chi connectivity index (χ0) is 22.6. The summed E-state index contributed by atoms with van der Waals surface area (Å²) in [7, 11) is 1.48. The van der Waals surface area contributed by atoms with Crippen molar-refractivity contribution in [2.45, 2.75) is 27.7 Å². The van der Waals surface area contributed by atoms with Crippen LogP contribution in [0.2, 0.25) is 15.1 Å². The first kappa shape index (κ1) is 24.1. The van der Waals surface area contributed by atoms with E-state index in [0.717, 1.165) is 0 Å². The van der Waals surface area contributed by atoms with E-state index in [1.165, 1.54) is 7.11 Å². The molecule has 2 aromatic rings. The largest absolute Gasteiger partial charge is 0.494 e. The van der Waals surface area contributed by atoms with Crippen molar-refractivity contribution in [2.75, 3.05) is 24.4 Å². The third kappa shape index (κ3) is 5.50. The first-order chi connectivity index (χ1) is 14.1. The number of carbonyl (C=O) groups is 2. The standard InChI is InChI=1S/C21H23Cl3N2O4/c1-10(2)21(28)26-14-7-6-13(8-15(14)29-5)25-16(27)9-30-20-18(23)11(3)17(22)12(4)19(20)24/h6-8,10H,9H2,1-5H3,(H,25,27)(H,26,28). The molecule has 0 aliphatic heterocycles. The predicted molar refractivity (Wildman–Crippen MR) is 122 cm³/mol. The van der Waals surface area contributed by atoms with E-state index in [-0.39, 0.29) is 34.2 Å². The molecule has 0 aliphatic rings. The van der Waals surface area contributed by atoms with Gasteiger partial charge >= 0.3 is 0 Å². The van der Waals surface area contributed by atoms with Crippen LogP contribution >= 0.6 is 34.8 Å². The van der Waals surface area contributed by atoms with E-state index >= 15 is 0 Å². The summed E-state index contributed by atoms with van der Waals surface area (Å²) < 4.78 is 10.9. The molecular formula is C21H23Cl3N2O4. The molecule has 0 saturated heterocycles. The van der Waals surface area contributed by atoms with Gasteiger partial charge in [-0.05, 0) is 37.1 Å². The fourth-order valence-corrected chi connectivity index (χ4v) is 3.34. The molecule has 0 aromatic heterocycles. The van der Waals surface area contributed by atoms with Gasteiger partial charge in [0.25, 0.3) is 5.91 Å². The zero-order valence-electron chi connectivity index (χ0n) is 17.3. The summed E-state index contributed by atoms with van der Waals surface area (Å²) in [5.74, 6) is -0.116. The monoisotopic (exact) mass is 472 g/mol. The number of rotatable bonds is 7. The van der Waals surface area contributed by atoms with Gasteiger partial charge < -0.3 is 20.1 Å². The van der Waals surface area contributed by atoms with E-state index in [4.69, 9.17) is 44.3 Å². The lowest BCUT2D eigenvalue weighted by Gasteiger charge is -2.16. The fraction of sp³-hybridized carbons (Fsp3) is 0.333. The summed E-state index contributed by atoms with van der Waals surface area (Å²) >= 11 is 18.7. The lowest BCUT2D eigenvalue weighted by Crippen LogP contribution is -2.21. The van der Waals surface area contributed by atoms with Crippen molar-refractivity contribution in [2.24, 2.45) is 5.92 Å². The van der Waals surface area contributed by atoms with Crippen LogP contribution in [0.15, 0.2) is 18.2 Å². The maximum Gasteiger partial charge on any atom is 0.262 e. The molecule has 30 heavy (non-hydrogen) atoms. The van der Waals surface area contributed by atoms with Crippen LogP contribution in [-0.4, -0.2) is 25.5 Å². The lowest BCUT2D eigenvalue weighted by molar-refractivity contribution is -0.119. The van der Waals surface area contributed by atoms with E-state index in [1.54, 1.807) is 45.9 Å². The van der Waals surface area contributed by atoms with Crippen LogP contribution in [0.3, 0.4) is 0 Å². The molecule has 0 bridgehead atoms. The molecule has 0 atom stereocenters. The topological polar surface area (TPSA) is 76.7 Å². The number of anilines is 2. The average molecular weight is 474 g/mol. The summed E-state index contributed by atoms with van der Waals surface area (Å²) in [6.07, 6.45) is 0. The van der Waals surface area contributed by atoms with Crippen LogP contribution in [0, 0.1) is 19.8 Å². The van der Waals surface area contributed by atoms with Crippen molar-refractivity contribution in [3.8, 4) is 11.5 Å². The van der Waals surface area contributed by atoms with Crippen LogP contribution in [0.5, 0.6) is 11.5 Å². The van der Waals surface area contributed by atoms with Gasteiger partial charge in [0.1, 0.15) is 5.75 Å². The number of hydrogen-bond donors (Lipinski definition) is 2. The van der Waals surface area contributed by atoms with Gasteiger partial charge in [-0.25, -0.2) is 0 Å². The molecule has 162 valence electrons. The van der Waals surface area contributed by atoms with Crippen molar-refractivity contribution < 1.29 is 19.1 Å². The molecule has 6 nitrogen and oxygen atoms in total. The van der Waals surface area contributed by atoms with E-state index in [0.29, 0.717) is 33.3 Å². The van der Waals surface area contributed by atoms with Gasteiger partial charge in [-0.2, -0.15) is 0 Å². The molecule has 0 fully saturated rings. The number of benzene rings is 2. The molecular weight excluding hydrogens is 451 g/mol. The molecule has 2 aromatic carbocycles. The molecule has 0 aliphatic carbocycles. The molecule has 0 spiro atoms. The second-order valence-electron chi connectivity index (χ2n) is 6.92. The number of methoxy groups -OCH3 is 1. The Morgan fingerprint density at radius 3 is 2.13 bits per heavy atom. The van der Waals surface area contributed by atoms with Crippen LogP contribution < -0.4 is 20.1 Å². The molecule has 0 radical (unpaired) electrons. The fourth-order valence-electron chi connectivity index (χ4n) is 2.52. The smallest absolute Gasteiger partial charge is 0.262 e. The quantitative estimate of drug-likeness (QED) is 0.526. The normalized spacial score (nSPS) is 10.7. The summed E-state index contributed by atoms with van der Waals surface area (Å²) in [6, 6.07) is 4.90. The second-order valence-corrected chi connectivity index (χ2v) is 8.05. The molecule has 2 rings (SSSR count). The zero-order valence-corrected chi connectivity index (χ0v) is 19.6. The Morgan fingerprint density at radius 1 is 1.00 bits per heavy atom. The molecule has 0 unspecified atom stereocenters. The molecule has 2 N–H and O–H groups in total. The maximum absolute atomic E-state index is 12.3. The van der Waals surface area contributed by atoms with Crippen molar-refractivity contribution in [1.82, 2.24) is 0 Å². The van der Waals surface area contributed by atoms with Crippen LogP contribution in [-0.2, 0) is 9.59 Å². The number of halogens is 3. The summed E-state index contributed by atoms with van der Waals surface area (Å²) in [5.41, 5.74) is 2.23. The Hall–Kier alpha value is -2.15. The van der Waals surface area contributed by atoms with E-state index in [9.17, 15) is 9.59 Å². The van der Waals surface area contributed by atoms with Gasteiger partial charge in [0.2, 0.25) is 5.91 Å². The van der Waals surface area contributed by atoms with Crippen molar-refractivity contribution in [1.29, 1.82) is 0 Å². The van der Waals surface area contributed by atoms with E-state index in [1.807, 2.05) is 0 Å². The summed E-state index contributed by atoms with van der Waals surface area (Å²) in [4.78, 5) is 24.2. The third-order valence-electron chi connectivity index (χ3n) is 4.33. The summed E-state index contributed by atoms with van der Waals surface area (Å²) in [6.45, 7) is 6.75. The second kappa shape index (κ2) is 10.2. The minimum Gasteiger partial charge on any atom is -0.494 e. The molecule has 2 amide bonds. The SMILES string of the molecule is COc1cc(NC(=O)COc2c(Cl)c(C)c(Cl)c(C)c2Cl)ccc1NC(=O)C(C)C. The number of amides is 2. The Balaban J connectivity index is 2.10. The number of nitrogens with one attached hydrogen (secondary N) is 2. The Morgan fingerprint density at radius 2 is 1.60 bits per heavy atom. The number of hydrogen-bond acceptors (Lipinski definition) is 4. The first-order valence-electron chi connectivity index (χ1n) is 9.12. The molecule has 0 saturated carbocycles. The van der Waals surface area contributed by atoms with Gasteiger partial charge in [-0.3, -0.25) is 9.59 Å². The minimum absolute atomic E-state index is 0.138. The van der Waals surface area contributed by atoms with E-state index in [2.05, 4.69) is 10.6 Å². The lowest BCUT2D eigenvalue weighted by atomic mass is 10.1. The predicted octanol–water partition coefficient (Wildman–Crippen LogP) is 5.88. The van der Waals surface area contributed by atoms with Gasteiger partial charge in [-0.1, -0.05) is 48.7 Å². The van der Waals surface area contributed by atoms with Crippen molar-refractivity contribution in [3.05, 3.63) is 44.4 Å². The van der Waals surface area contributed by atoms with Crippen molar-refractivity contribution in [3.63, 3.8) is 0 Å². The Bertz CT molecular complexity index is 948. The number of carbonyl (C=O) groups excluding carboxylic acids is 2. The van der Waals surface area contributed by atoms with Gasteiger partial charge in [0.15, 0.2) is 12.4 Å². The van der Waals surface area contributed by atoms with Crippen LogP contribution in [0.25, 0.3) is 0 Å². The minimum atomic E-state index is -0.423. The highest BCUT2D eigenvalue weighted by Crippen LogP contribution is 2.42. The third-order valence-corrected chi connectivity index (χ3v) is 5.81. The highest BCUT2D eigenvalue weighted by molar-refractivity contribution is 6.42. The molecule has 9 heteroatoms. The van der Waals surface area contributed by atoms with Gasteiger partial charge in [-0.15, -0.1) is 0 Å². The Kier molecular flexibility index (Phi) is 8.24. The highest BCUT2D eigenvalue weighted by atomic mass is 35.5. The maximum atomic E-state index is 12.3. The summed E-state index contributed by atoms with van der Waals surface area (Å²) in [5, 5.41) is 6.45. The van der Waals surface area contributed by atoms with Crippen LogP contribution in [0.1, 0.15) is 25.0 Å². The van der Waals surface area contributed by atoms with Crippen LogP contribution in [0.4, 0.5) is 11.4 Å². The molecule has 0 heterocycles. The van der Waals surface area contributed by atoms with E-state index < -0.39 is 5.91 Å². The first-order valence-corrected chi connectivity index (χ1v) is 10.2. The average Bonchev–Trinajstić information content (AvgIpc) is 2.71. The Labute approximate surface area is 190 Å². The number of ether oxygens (including phenoxy) is 2. The van der Waals surface area contributed by atoms with Crippen molar-refractivity contribution >= 4 is 58.0 Å².